The number of nitrogens with one attached hydrogen (secondary N) is 1. The van der Waals surface area contributed by atoms with Gasteiger partial charge in [0.1, 0.15) is 5.75 Å². The molecule has 0 unspecified atom stereocenters. The van der Waals surface area contributed by atoms with E-state index in [0.717, 1.165) is 14.5 Å². The van der Waals surface area contributed by atoms with Gasteiger partial charge in [0.05, 0.1) is 17.8 Å². The summed E-state index contributed by atoms with van der Waals surface area (Å²) in [5.41, 5.74) is 3.51. The first-order valence-corrected chi connectivity index (χ1v) is 7.10. The fourth-order valence-corrected chi connectivity index (χ4v) is 2.92. The first-order chi connectivity index (χ1) is 9.52. The molecule has 0 atom stereocenters. The summed E-state index contributed by atoms with van der Waals surface area (Å²) in [6.45, 7) is 1.75. The second kappa shape index (κ2) is 6.23. The topological polar surface area (TPSA) is 90.3 Å². The van der Waals surface area contributed by atoms with Crippen molar-refractivity contribution in [1.82, 2.24) is 14.9 Å². The highest BCUT2D eigenvalue weighted by atomic mass is 79.9. The van der Waals surface area contributed by atoms with Gasteiger partial charge in [-0.25, -0.2) is 10.1 Å². The molecule has 1 heterocycles. The third-order valence-corrected chi connectivity index (χ3v) is 3.52. The number of hydrogen-bond acceptors (Lipinski definition) is 6. The zero-order valence-electron chi connectivity index (χ0n) is 10.8. The molecule has 0 spiro atoms. The van der Waals surface area contributed by atoms with E-state index in [1.807, 2.05) is 12.1 Å². The van der Waals surface area contributed by atoms with E-state index in [2.05, 4.69) is 52.6 Å². The largest absolute Gasteiger partial charge is 0.495 e. The summed E-state index contributed by atoms with van der Waals surface area (Å²) in [5, 5.41) is 11.7. The summed E-state index contributed by atoms with van der Waals surface area (Å²) >= 11 is 6.84. The lowest BCUT2D eigenvalue weighted by molar-refractivity contribution is 0.411. The Kier molecular flexibility index (Phi) is 4.61. The molecule has 0 amide bonds. The van der Waals surface area contributed by atoms with E-state index in [0.29, 0.717) is 17.5 Å². The number of benzene rings is 1. The Balaban J connectivity index is 2.21. The summed E-state index contributed by atoms with van der Waals surface area (Å²) in [4.78, 5) is 0. The van der Waals surface area contributed by atoms with Crippen LogP contribution in [0.15, 0.2) is 26.2 Å². The molecule has 0 bridgehead atoms. The molecular formula is C11H12Br2N6O. The number of hydrazone groups is 1. The molecule has 0 aliphatic rings. The van der Waals surface area contributed by atoms with Crippen LogP contribution in [0.4, 0.5) is 5.95 Å². The third kappa shape index (κ3) is 3.10. The predicted octanol–water partition coefficient (Wildman–Crippen LogP) is 2.28. The summed E-state index contributed by atoms with van der Waals surface area (Å²) in [5.74, 6) is 7.33. The molecule has 2 rings (SSSR count). The van der Waals surface area contributed by atoms with Gasteiger partial charge in [-0.2, -0.15) is 5.10 Å². The molecule has 7 nitrogen and oxygen atoms in total. The van der Waals surface area contributed by atoms with Crippen molar-refractivity contribution in [3.05, 3.63) is 32.5 Å². The maximum atomic E-state index is 5.70. The van der Waals surface area contributed by atoms with Gasteiger partial charge in [0, 0.05) is 10.0 Å². The lowest BCUT2D eigenvalue weighted by Crippen LogP contribution is -2.13. The Hall–Kier alpha value is -1.61. The minimum atomic E-state index is 0.353. The Morgan fingerprint density at radius 1 is 1.40 bits per heavy atom. The van der Waals surface area contributed by atoms with E-state index in [-0.39, 0.29) is 0 Å². The number of nitrogens with zero attached hydrogens (tertiary/aromatic N) is 4. The number of anilines is 1. The van der Waals surface area contributed by atoms with Crippen molar-refractivity contribution >= 4 is 44.0 Å². The fraction of sp³-hybridized carbons (Fsp3) is 0.182. The van der Waals surface area contributed by atoms with E-state index < -0.39 is 0 Å². The standard InChI is InChI=1S/C11H12Br2N6O/c1-6-16-18-11(19(6)14)17-15-5-7-3-8(12)4-9(13)10(7)20-2/h3-5H,14H2,1-2H3,(H,17,18)/b15-5-. The van der Waals surface area contributed by atoms with Crippen LogP contribution in [0.1, 0.15) is 11.4 Å². The second-order valence-corrected chi connectivity index (χ2v) is 5.59. The monoisotopic (exact) mass is 402 g/mol. The molecule has 3 N–H and O–H groups in total. The van der Waals surface area contributed by atoms with E-state index in [4.69, 9.17) is 10.6 Å². The van der Waals surface area contributed by atoms with Crippen LogP contribution < -0.4 is 16.0 Å². The van der Waals surface area contributed by atoms with Crippen molar-refractivity contribution in [2.24, 2.45) is 5.10 Å². The Morgan fingerprint density at radius 3 is 2.75 bits per heavy atom. The highest BCUT2D eigenvalue weighted by Crippen LogP contribution is 2.31. The Bertz CT molecular complexity index is 655. The van der Waals surface area contributed by atoms with Crippen LogP contribution in [-0.4, -0.2) is 28.2 Å². The van der Waals surface area contributed by atoms with Crippen LogP contribution in [-0.2, 0) is 0 Å². The highest BCUT2D eigenvalue weighted by Gasteiger charge is 2.08. The Labute approximate surface area is 132 Å². The highest BCUT2D eigenvalue weighted by molar-refractivity contribution is 9.11. The maximum Gasteiger partial charge on any atom is 0.263 e. The first kappa shape index (κ1) is 14.8. The van der Waals surface area contributed by atoms with Gasteiger partial charge in [-0.15, -0.1) is 10.2 Å². The van der Waals surface area contributed by atoms with Crippen LogP contribution >= 0.6 is 31.9 Å². The van der Waals surface area contributed by atoms with Gasteiger partial charge < -0.3 is 10.6 Å². The number of ether oxygens (including phenoxy) is 1. The van der Waals surface area contributed by atoms with Crippen LogP contribution in [0.2, 0.25) is 0 Å². The lowest BCUT2D eigenvalue weighted by atomic mass is 10.2. The minimum Gasteiger partial charge on any atom is -0.495 e. The lowest BCUT2D eigenvalue weighted by Gasteiger charge is -2.07. The molecular weight excluding hydrogens is 392 g/mol. The van der Waals surface area contributed by atoms with E-state index in [1.165, 1.54) is 4.68 Å². The zero-order valence-corrected chi connectivity index (χ0v) is 13.9. The molecule has 2 aromatic rings. The van der Waals surface area contributed by atoms with Crippen LogP contribution in [0.3, 0.4) is 0 Å². The van der Waals surface area contributed by atoms with E-state index in [1.54, 1.807) is 20.2 Å². The van der Waals surface area contributed by atoms with E-state index >= 15 is 0 Å². The number of hydrogen-bond donors (Lipinski definition) is 2. The van der Waals surface area contributed by atoms with Crippen LogP contribution in [0.5, 0.6) is 5.75 Å². The van der Waals surface area contributed by atoms with Gasteiger partial charge in [0.15, 0.2) is 5.82 Å². The van der Waals surface area contributed by atoms with Gasteiger partial charge >= 0.3 is 0 Å². The molecule has 1 aromatic carbocycles. The van der Waals surface area contributed by atoms with Gasteiger partial charge in [0.25, 0.3) is 5.95 Å². The molecule has 0 radical (unpaired) electrons. The molecule has 0 aliphatic carbocycles. The smallest absolute Gasteiger partial charge is 0.263 e. The number of aromatic nitrogens is 3. The van der Waals surface area contributed by atoms with Crippen molar-refractivity contribution in [2.45, 2.75) is 6.92 Å². The number of nitrogen functional groups attached to an aromatic ring is 1. The molecule has 106 valence electrons. The minimum absolute atomic E-state index is 0.353. The SMILES string of the molecule is COc1c(Br)cc(Br)cc1/C=N\Nc1nnc(C)n1N. The number of rotatable bonds is 4. The molecule has 0 saturated carbocycles. The Morgan fingerprint density at radius 2 is 2.15 bits per heavy atom. The molecule has 0 saturated heterocycles. The molecule has 1 aromatic heterocycles. The maximum absolute atomic E-state index is 5.70. The zero-order chi connectivity index (χ0) is 14.7. The van der Waals surface area contributed by atoms with Gasteiger partial charge in [-0.05, 0) is 35.0 Å². The van der Waals surface area contributed by atoms with Crippen molar-refractivity contribution in [3.8, 4) is 5.75 Å². The average Bonchev–Trinajstić information content (AvgIpc) is 2.70. The summed E-state index contributed by atoms with van der Waals surface area (Å²) < 4.78 is 8.36. The molecule has 20 heavy (non-hydrogen) atoms. The fourth-order valence-electron chi connectivity index (χ4n) is 1.50. The van der Waals surface area contributed by atoms with Crippen molar-refractivity contribution in [3.63, 3.8) is 0 Å². The average molecular weight is 404 g/mol. The number of halogens is 2. The van der Waals surface area contributed by atoms with Gasteiger partial charge in [0.2, 0.25) is 0 Å². The quantitative estimate of drug-likeness (QED) is 0.464. The van der Waals surface area contributed by atoms with Crippen LogP contribution in [0, 0.1) is 6.92 Å². The summed E-state index contributed by atoms with van der Waals surface area (Å²) in [7, 11) is 1.60. The number of aryl methyl sites for hydroxylation is 1. The van der Waals surface area contributed by atoms with Gasteiger partial charge in [-0.1, -0.05) is 15.9 Å². The molecule has 9 heteroatoms. The molecule has 0 fully saturated rings. The van der Waals surface area contributed by atoms with Crippen LogP contribution in [0.25, 0.3) is 0 Å². The number of methoxy groups -OCH3 is 1. The first-order valence-electron chi connectivity index (χ1n) is 5.52. The van der Waals surface area contributed by atoms with E-state index in [9.17, 15) is 0 Å². The summed E-state index contributed by atoms with van der Waals surface area (Å²) in [6, 6.07) is 3.77. The second-order valence-electron chi connectivity index (χ2n) is 3.82. The normalized spacial score (nSPS) is 11.0. The van der Waals surface area contributed by atoms with Gasteiger partial charge in [-0.3, -0.25) is 0 Å². The van der Waals surface area contributed by atoms with Crippen molar-refractivity contribution in [2.75, 3.05) is 18.4 Å². The predicted molar refractivity (Wildman–Crippen MR) is 84.5 cm³/mol. The molecule has 0 aliphatic heterocycles. The third-order valence-electron chi connectivity index (χ3n) is 2.48. The van der Waals surface area contributed by atoms with Crippen molar-refractivity contribution in [1.29, 1.82) is 0 Å². The number of nitrogens with two attached hydrogens (primary N) is 1. The summed E-state index contributed by atoms with van der Waals surface area (Å²) in [6.07, 6.45) is 1.61. The van der Waals surface area contributed by atoms with Crippen molar-refractivity contribution < 1.29 is 4.74 Å².